The van der Waals surface area contributed by atoms with Crippen molar-refractivity contribution < 1.29 is 24.1 Å². The van der Waals surface area contributed by atoms with Gasteiger partial charge in [0.2, 0.25) is 6.79 Å². The van der Waals surface area contributed by atoms with Gasteiger partial charge in [-0.2, -0.15) is 0 Å². The topological polar surface area (TPSA) is 77.9 Å². The Balaban J connectivity index is 1.58. The Morgan fingerprint density at radius 1 is 1.03 bits per heavy atom. The van der Waals surface area contributed by atoms with Gasteiger partial charge in [0, 0.05) is 23.1 Å². The standard InChI is InChI=1S/C26H21NO5/c1-30-17-7-4-15(5-8-17)23-24(26(28)29)22(16-6-11-20-21(12-16)32-13-31-20)18-9-10-19(14-2-3-14)27-25(18)23/h4-12,14,22H,2-3,13H2,1H3,(H,28,29)/t22-/m0/s1. The van der Waals surface area contributed by atoms with E-state index >= 15 is 0 Å². The summed E-state index contributed by atoms with van der Waals surface area (Å²) >= 11 is 0. The predicted molar refractivity (Wildman–Crippen MR) is 117 cm³/mol. The number of ether oxygens (including phenoxy) is 3. The summed E-state index contributed by atoms with van der Waals surface area (Å²) in [5.41, 5.74) is 5.33. The maximum absolute atomic E-state index is 12.7. The largest absolute Gasteiger partial charge is 0.497 e. The molecule has 1 aromatic heterocycles. The van der Waals surface area contributed by atoms with Crippen LogP contribution in [0.4, 0.5) is 0 Å². The number of pyridine rings is 1. The Morgan fingerprint density at radius 3 is 2.53 bits per heavy atom. The zero-order valence-electron chi connectivity index (χ0n) is 17.5. The first-order valence-electron chi connectivity index (χ1n) is 10.7. The lowest BCUT2D eigenvalue weighted by molar-refractivity contribution is -0.132. The van der Waals surface area contributed by atoms with E-state index in [-0.39, 0.29) is 6.79 Å². The Kier molecular flexibility index (Phi) is 4.21. The number of carboxylic acids is 1. The van der Waals surface area contributed by atoms with E-state index < -0.39 is 11.9 Å². The van der Waals surface area contributed by atoms with Crippen LogP contribution in [0.2, 0.25) is 0 Å². The zero-order valence-corrected chi connectivity index (χ0v) is 17.5. The first kappa shape index (κ1) is 18.9. The van der Waals surface area contributed by atoms with Crippen molar-refractivity contribution >= 4 is 11.5 Å². The second-order valence-corrected chi connectivity index (χ2v) is 8.32. The molecule has 6 heteroatoms. The molecule has 2 aromatic carbocycles. The molecule has 160 valence electrons. The average molecular weight is 427 g/mol. The van der Waals surface area contributed by atoms with Gasteiger partial charge in [-0.3, -0.25) is 4.98 Å². The minimum absolute atomic E-state index is 0.172. The van der Waals surface area contributed by atoms with Gasteiger partial charge in [-0.25, -0.2) is 4.79 Å². The van der Waals surface area contributed by atoms with Crippen molar-refractivity contribution in [3.05, 3.63) is 88.2 Å². The molecule has 0 saturated heterocycles. The van der Waals surface area contributed by atoms with Crippen molar-refractivity contribution in [2.45, 2.75) is 24.7 Å². The summed E-state index contributed by atoms with van der Waals surface area (Å²) in [6.45, 7) is 0.172. The number of nitrogens with zero attached hydrogens (tertiary/aromatic N) is 1. The minimum atomic E-state index is -0.954. The number of rotatable bonds is 5. The molecule has 3 aromatic rings. The summed E-state index contributed by atoms with van der Waals surface area (Å²) in [6, 6.07) is 17.2. The van der Waals surface area contributed by atoms with E-state index in [1.165, 1.54) is 0 Å². The minimum Gasteiger partial charge on any atom is -0.497 e. The summed E-state index contributed by atoms with van der Waals surface area (Å²) in [5.74, 6) is 1.09. The van der Waals surface area contributed by atoms with Crippen molar-refractivity contribution in [3.63, 3.8) is 0 Å². The van der Waals surface area contributed by atoms with Crippen molar-refractivity contribution in [3.8, 4) is 17.2 Å². The number of fused-ring (bicyclic) bond motifs is 2. The van der Waals surface area contributed by atoms with E-state index in [9.17, 15) is 9.90 Å². The third kappa shape index (κ3) is 2.94. The summed E-state index contributed by atoms with van der Waals surface area (Å²) in [5, 5.41) is 10.4. The fraction of sp³-hybridized carbons (Fsp3) is 0.231. The van der Waals surface area contributed by atoms with Gasteiger partial charge in [-0.05, 0) is 59.9 Å². The molecule has 2 heterocycles. The number of hydrogen-bond acceptors (Lipinski definition) is 5. The Bertz CT molecular complexity index is 1270. The molecule has 6 rings (SSSR count). The molecular weight excluding hydrogens is 406 g/mol. The normalized spacial score (nSPS) is 18.6. The lowest BCUT2D eigenvalue weighted by atomic mass is 9.88. The lowest BCUT2D eigenvalue weighted by Gasteiger charge is -2.15. The predicted octanol–water partition coefficient (Wildman–Crippen LogP) is 4.73. The summed E-state index contributed by atoms with van der Waals surface area (Å²) in [7, 11) is 1.61. The quantitative estimate of drug-likeness (QED) is 0.634. The van der Waals surface area contributed by atoms with Crippen LogP contribution in [0.3, 0.4) is 0 Å². The van der Waals surface area contributed by atoms with Gasteiger partial charge in [0.05, 0.1) is 18.4 Å². The van der Waals surface area contributed by atoms with Gasteiger partial charge in [-0.1, -0.05) is 24.3 Å². The number of aromatic nitrogens is 1. The molecule has 1 fully saturated rings. The van der Waals surface area contributed by atoms with Gasteiger partial charge in [0.15, 0.2) is 11.5 Å². The Morgan fingerprint density at radius 2 is 1.81 bits per heavy atom. The molecule has 1 saturated carbocycles. The van der Waals surface area contributed by atoms with Crippen LogP contribution < -0.4 is 14.2 Å². The van der Waals surface area contributed by atoms with Gasteiger partial charge < -0.3 is 19.3 Å². The van der Waals surface area contributed by atoms with Gasteiger partial charge in [0.1, 0.15) is 5.75 Å². The highest BCUT2D eigenvalue weighted by Crippen LogP contribution is 2.50. The molecular formula is C26H21NO5. The van der Waals surface area contributed by atoms with Crippen LogP contribution in [0, 0.1) is 0 Å². The van der Waals surface area contributed by atoms with Crippen LogP contribution in [0.15, 0.2) is 60.2 Å². The first-order chi connectivity index (χ1) is 15.6. The Labute approximate surface area is 185 Å². The number of methoxy groups -OCH3 is 1. The van der Waals surface area contributed by atoms with Crippen LogP contribution in [-0.2, 0) is 4.79 Å². The molecule has 0 spiro atoms. The van der Waals surface area contributed by atoms with Crippen molar-refractivity contribution in [2.75, 3.05) is 13.9 Å². The van der Waals surface area contributed by atoms with Crippen molar-refractivity contribution in [1.29, 1.82) is 0 Å². The Hall–Kier alpha value is -3.80. The van der Waals surface area contributed by atoms with Crippen LogP contribution in [-0.4, -0.2) is 30.0 Å². The first-order valence-corrected chi connectivity index (χ1v) is 10.7. The van der Waals surface area contributed by atoms with Crippen molar-refractivity contribution in [2.24, 2.45) is 0 Å². The second kappa shape index (κ2) is 7.12. The average Bonchev–Trinajstić information content (AvgIpc) is 3.46. The number of hydrogen-bond donors (Lipinski definition) is 1. The van der Waals surface area contributed by atoms with Crippen LogP contribution in [0.25, 0.3) is 5.57 Å². The third-order valence-corrected chi connectivity index (χ3v) is 6.39. The lowest BCUT2D eigenvalue weighted by Crippen LogP contribution is -2.10. The van der Waals surface area contributed by atoms with Crippen LogP contribution in [0.1, 0.15) is 52.8 Å². The molecule has 1 aliphatic heterocycles. The third-order valence-electron chi connectivity index (χ3n) is 6.39. The van der Waals surface area contributed by atoms with Crippen molar-refractivity contribution in [1.82, 2.24) is 4.98 Å². The van der Waals surface area contributed by atoms with E-state index in [0.717, 1.165) is 46.7 Å². The van der Waals surface area contributed by atoms with E-state index in [1.807, 2.05) is 54.6 Å². The molecule has 0 bridgehead atoms. The fourth-order valence-electron chi connectivity index (χ4n) is 4.67. The molecule has 32 heavy (non-hydrogen) atoms. The monoisotopic (exact) mass is 427 g/mol. The molecule has 1 atom stereocenters. The molecule has 0 unspecified atom stereocenters. The van der Waals surface area contributed by atoms with E-state index in [4.69, 9.17) is 19.2 Å². The van der Waals surface area contributed by atoms with Crippen LogP contribution in [0.5, 0.6) is 17.2 Å². The molecule has 0 radical (unpaired) electrons. The zero-order chi connectivity index (χ0) is 21.8. The maximum atomic E-state index is 12.7. The number of aliphatic carboxylic acids is 1. The highest BCUT2D eigenvalue weighted by molar-refractivity contribution is 6.06. The maximum Gasteiger partial charge on any atom is 0.333 e. The van der Waals surface area contributed by atoms with Gasteiger partial charge in [0.25, 0.3) is 0 Å². The number of carboxylic acid groups (broad SMARTS) is 1. The molecule has 2 aliphatic carbocycles. The highest BCUT2D eigenvalue weighted by atomic mass is 16.7. The van der Waals surface area contributed by atoms with E-state index in [0.29, 0.717) is 28.6 Å². The van der Waals surface area contributed by atoms with Gasteiger partial charge >= 0.3 is 5.97 Å². The second-order valence-electron chi connectivity index (χ2n) is 8.32. The number of benzene rings is 2. The fourth-order valence-corrected chi connectivity index (χ4v) is 4.67. The molecule has 6 nitrogen and oxygen atoms in total. The summed E-state index contributed by atoms with van der Waals surface area (Å²) in [6.07, 6.45) is 2.26. The van der Waals surface area contributed by atoms with Crippen LogP contribution >= 0.6 is 0 Å². The molecule has 1 N–H and O–H groups in total. The van der Waals surface area contributed by atoms with E-state index in [1.54, 1.807) is 7.11 Å². The molecule has 3 aliphatic rings. The summed E-state index contributed by atoms with van der Waals surface area (Å²) in [4.78, 5) is 17.6. The number of carbonyl (C=O) groups is 1. The van der Waals surface area contributed by atoms with Gasteiger partial charge in [-0.15, -0.1) is 0 Å². The smallest absolute Gasteiger partial charge is 0.333 e. The highest BCUT2D eigenvalue weighted by Gasteiger charge is 2.39. The summed E-state index contributed by atoms with van der Waals surface area (Å²) < 4.78 is 16.3. The van der Waals surface area contributed by atoms with E-state index in [2.05, 4.69) is 0 Å². The molecule has 0 amide bonds. The SMILES string of the molecule is COc1ccc(C2=C(C(=O)O)[C@@H](c3ccc4c(c3)OCO4)c3ccc(C4CC4)nc32)cc1.